The van der Waals surface area contributed by atoms with Gasteiger partial charge >= 0.3 is 5.69 Å². The Morgan fingerprint density at radius 2 is 2.15 bits per heavy atom. The summed E-state index contributed by atoms with van der Waals surface area (Å²) < 4.78 is 0. The van der Waals surface area contributed by atoms with Crippen LogP contribution < -0.4 is 10.6 Å². The van der Waals surface area contributed by atoms with Gasteiger partial charge in [0.15, 0.2) is 0 Å². The summed E-state index contributed by atoms with van der Waals surface area (Å²) in [5, 5.41) is 16.9. The maximum absolute atomic E-state index is 12.4. The molecule has 1 amide bonds. The van der Waals surface area contributed by atoms with Gasteiger partial charge in [0.1, 0.15) is 11.3 Å². The number of nitrogens with one attached hydrogen (secondary N) is 2. The Hall–Kier alpha value is -2.11. The summed E-state index contributed by atoms with van der Waals surface area (Å²) in [5.41, 5.74) is 0.113. The molecule has 6 heteroatoms. The summed E-state index contributed by atoms with van der Waals surface area (Å²) in [7, 11) is 1.60. The molecule has 2 rings (SSSR count). The van der Waals surface area contributed by atoms with Crippen molar-refractivity contribution >= 4 is 17.3 Å². The first-order valence-electron chi connectivity index (χ1n) is 6.80. The number of para-hydroxylation sites is 1. The molecule has 1 aromatic rings. The van der Waals surface area contributed by atoms with Crippen molar-refractivity contribution in [2.24, 2.45) is 0 Å². The average molecular weight is 277 g/mol. The van der Waals surface area contributed by atoms with Crippen LogP contribution >= 0.6 is 0 Å². The van der Waals surface area contributed by atoms with E-state index < -0.39 is 4.92 Å². The van der Waals surface area contributed by atoms with Crippen LogP contribution in [0.4, 0.5) is 11.4 Å². The largest absolute Gasteiger partial charge is 0.383 e. The minimum atomic E-state index is -0.514. The molecule has 0 heterocycles. The Bertz CT molecular complexity index is 533. The van der Waals surface area contributed by atoms with Gasteiger partial charge in [0.05, 0.1) is 4.92 Å². The number of hydrogen-bond acceptors (Lipinski definition) is 4. The number of benzene rings is 1. The van der Waals surface area contributed by atoms with Crippen molar-refractivity contribution in [1.29, 1.82) is 0 Å². The van der Waals surface area contributed by atoms with E-state index in [-0.39, 0.29) is 22.7 Å². The Labute approximate surface area is 117 Å². The number of carbonyl (C=O) groups is 1. The molecular weight excluding hydrogens is 258 g/mol. The SMILES string of the molecule is CCC1(NC(=O)c2cccc(NC)c2[N+](=O)[O-])CCC1. The van der Waals surface area contributed by atoms with E-state index in [4.69, 9.17) is 0 Å². The Kier molecular flexibility index (Phi) is 3.92. The van der Waals surface area contributed by atoms with Crippen LogP contribution in [0.25, 0.3) is 0 Å². The first-order valence-corrected chi connectivity index (χ1v) is 6.80. The maximum atomic E-state index is 12.4. The number of amides is 1. The lowest BCUT2D eigenvalue weighted by molar-refractivity contribution is -0.384. The van der Waals surface area contributed by atoms with Crippen LogP contribution in [-0.4, -0.2) is 23.4 Å². The van der Waals surface area contributed by atoms with Crippen LogP contribution in [0.1, 0.15) is 43.0 Å². The summed E-state index contributed by atoms with van der Waals surface area (Å²) in [4.78, 5) is 23.1. The van der Waals surface area contributed by atoms with Crippen LogP contribution in [0.2, 0.25) is 0 Å². The van der Waals surface area contributed by atoms with Crippen molar-refractivity contribution < 1.29 is 9.72 Å². The highest BCUT2D eigenvalue weighted by Crippen LogP contribution is 2.36. The van der Waals surface area contributed by atoms with Gasteiger partial charge in [-0.15, -0.1) is 0 Å². The molecule has 0 bridgehead atoms. The predicted octanol–water partition coefficient (Wildman–Crippen LogP) is 2.70. The van der Waals surface area contributed by atoms with Gasteiger partial charge in [0.2, 0.25) is 0 Å². The van der Waals surface area contributed by atoms with E-state index in [1.165, 1.54) is 6.07 Å². The van der Waals surface area contributed by atoms with Crippen LogP contribution in [0.15, 0.2) is 18.2 Å². The lowest BCUT2D eigenvalue weighted by atomic mass is 9.74. The lowest BCUT2D eigenvalue weighted by Crippen LogP contribution is -2.53. The highest BCUT2D eigenvalue weighted by molar-refractivity contribution is 6.00. The van der Waals surface area contributed by atoms with E-state index in [0.717, 1.165) is 25.7 Å². The molecule has 0 radical (unpaired) electrons. The monoisotopic (exact) mass is 277 g/mol. The second-order valence-electron chi connectivity index (χ2n) is 5.15. The van der Waals surface area contributed by atoms with Crippen LogP contribution in [-0.2, 0) is 0 Å². The Morgan fingerprint density at radius 1 is 1.45 bits per heavy atom. The third-order valence-corrected chi connectivity index (χ3v) is 4.10. The zero-order valence-electron chi connectivity index (χ0n) is 11.7. The van der Waals surface area contributed by atoms with Gasteiger partial charge in [-0.3, -0.25) is 14.9 Å². The highest BCUT2D eigenvalue weighted by atomic mass is 16.6. The molecule has 0 unspecified atom stereocenters. The molecule has 0 saturated heterocycles. The molecule has 108 valence electrons. The van der Waals surface area contributed by atoms with Crippen molar-refractivity contribution in [2.45, 2.75) is 38.1 Å². The van der Waals surface area contributed by atoms with Gasteiger partial charge in [-0.25, -0.2) is 0 Å². The standard InChI is InChI=1S/C14H19N3O3/c1-3-14(8-5-9-14)16-13(18)10-6-4-7-11(15-2)12(10)17(19)20/h4,6-7,15H,3,5,8-9H2,1-2H3,(H,16,18). The number of anilines is 1. The van der Waals surface area contributed by atoms with E-state index in [9.17, 15) is 14.9 Å². The first-order chi connectivity index (χ1) is 9.53. The van der Waals surface area contributed by atoms with Crippen LogP contribution in [0.5, 0.6) is 0 Å². The molecule has 6 nitrogen and oxygen atoms in total. The van der Waals surface area contributed by atoms with E-state index in [1.807, 2.05) is 6.92 Å². The lowest BCUT2D eigenvalue weighted by Gasteiger charge is -2.42. The van der Waals surface area contributed by atoms with E-state index in [1.54, 1.807) is 19.2 Å². The number of nitro benzene ring substituents is 1. The molecule has 2 N–H and O–H groups in total. The normalized spacial score (nSPS) is 16.1. The summed E-state index contributed by atoms with van der Waals surface area (Å²) >= 11 is 0. The second kappa shape index (κ2) is 5.48. The van der Waals surface area contributed by atoms with Gasteiger partial charge in [-0.05, 0) is 37.8 Å². The molecule has 1 aromatic carbocycles. The molecular formula is C14H19N3O3. The number of nitro groups is 1. The molecule has 1 fully saturated rings. The maximum Gasteiger partial charge on any atom is 0.305 e. The van der Waals surface area contributed by atoms with Crippen molar-refractivity contribution in [3.63, 3.8) is 0 Å². The fraction of sp³-hybridized carbons (Fsp3) is 0.500. The van der Waals surface area contributed by atoms with Crippen LogP contribution in [0, 0.1) is 10.1 Å². The number of hydrogen-bond donors (Lipinski definition) is 2. The molecule has 0 spiro atoms. The zero-order chi connectivity index (χ0) is 14.8. The van der Waals surface area contributed by atoms with E-state index in [0.29, 0.717) is 5.69 Å². The van der Waals surface area contributed by atoms with Gasteiger partial charge in [0, 0.05) is 12.6 Å². The molecule has 20 heavy (non-hydrogen) atoms. The minimum Gasteiger partial charge on any atom is -0.383 e. The van der Waals surface area contributed by atoms with Crippen LogP contribution in [0.3, 0.4) is 0 Å². The van der Waals surface area contributed by atoms with Crippen molar-refractivity contribution in [3.05, 3.63) is 33.9 Å². The Balaban J connectivity index is 2.32. The third kappa shape index (κ3) is 2.45. The van der Waals surface area contributed by atoms with Gasteiger partial charge in [-0.1, -0.05) is 13.0 Å². The fourth-order valence-electron chi connectivity index (χ4n) is 2.60. The number of carbonyl (C=O) groups excluding carboxylic acids is 1. The van der Waals surface area contributed by atoms with Gasteiger partial charge < -0.3 is 10.6 Å². The smallest absolute Gasteiger partial charge is 0.305 e. The average Bonchev–Trinajstić information content (AvgIpc) is 2.41. The minimum absolute atomic E-state index is 0.113. The zero-order valence-corrected chi connectivity index (χ0v) is 11.7. The summed E-state index contributed by atoms with van der Waals surface area (Å²) in [6.45, 7) is 2.03. The predicted molar refractivity (Wildman–Crippen MR) is 77.0 cm³/mol. The molecule has 0 aliphatic heterocycles. The molecule has 1 aliphatic rings. The highest BCUT2D eigenvalue weighted by Gasteiger charge is 2.38. The molecule has 0 atom stereocenters. The topological polar surface area (TPSA) is 84.3 Å². The summed E-state index contributed by atoms with van der Waals surface area (Å²) in [6, 6.07) is 4.73. The quantitative estimate of drug-likeness (QED) is 0.640. The molecule has 0 aromatic heterocycles. The summed E-state index contributed by atoms with van der Waals surface area (Å²) in [5.74, 6) is -0.365. The Morgan fingerprint density at radius 3 is 2.60 bits per heavy atom. The van der Waals surface area contributed by atoms with Crippen molar-refractivity contribution in [1.82, 2.24) is 5.32 Å². The molecule has 1 saturated carbocycles. The first kappa shape index (κ1) is 14.3. The second-order valence-corrected chi connectivity index (χ2v) is 5.15. The number of rotatable bonds is 5. The van der Waals surface area contributed by atoms with Crippen molar-refractivity contribution in [2.75, 3.05) is 12.4 Å². The number of nitrogens with zero attached hydrogens (tertiary/aromatic N) is 1. The van der Waals surface area contributed by atoms with Gasteiger partial charge in [-0.2, -0.15) is 0 Å². The molecule has 1 aliphatic carbocycles. The third-order valence-electron chi connectivity index (χ3n) is 4.10. The summed E-state index contributed by atoms with van der Waals surface area (Å²) in [6.07, 6.45) is 3.81. The fourth-order valence-corrected chi connectivity index (χ4v) is 2.60. The van der Waals surface area contributed by atoms with E-state index >= 15 is 0 Å². The van der Waals surface area contributed by atoms with E-state index in [2.05, 4.69) is 10.6 Å². The van der Waals surface area contributed by atoms with Crippen molar-refractivity contribution in [3.8, 4) is 0 Å². The van der Waals surface area contributed by atoms with Gasteiger partial charge in [0.25, 0.3) is 5.91 Å².